The lowest BCUT2D eigenvalue weighted by Crippen LogP contribution is -2.14. The minimum absolute atomic E-state index is 0.0531. The van der Waals surface area contributed by atoms with E-state index in [0.29, 0.717) is 39.6 Å². The molecule has 0 saturated carbocycles. The normalized spacial score (nSPS) is 10.6. The minimum Gasteiger partial charge on any atom is -0.394 e. The Labute approximate surface area is 114 Å². The highest BCUT2D eigenvalue weighted by Gasteiger charge is 1.92. The van der Waals surface area contributed by atoms with Gasteiger partial charge in [0.2, 0.25) is 0 Å². The summed E-state index contributed by atoms with van der Waals surface area (Å²) in [6.07, 6.45) is 0. The van der Waals surface area contributed by atoms with Gasteiger partial charge < -0.3 is 24.6 Å². The Bertz CT molecular complexity index is 295. The van der Waals surface area contributed by atoms with E-state index >= 15 is 0 Å². The Morgan fingerprint density at radius 3 is 2.00 bits per heavy atom. The summed E-state index contributed by atoms with van der Waals surface area (Å²) >= 11 is 0. The lowest BCUT2D eigenvalue weighted by Gasteiger charge is -2.08. The number of rotatable bonds is 12. The monoisotopic (exact) mass is 269 g/mol. The number of para-hydroxylation sites is 1. The number of aliphatic hydroxyl groups excluding tert-OH is 1. The van der Waals surface area contributed by atoms with Crippen LogP contribution in [0, 0.1) is 0 Å². The van der Waals surface area contributed by atoms with Crippen LogP contribution in [0.4, 0.5) is 5.69 Å². The van der Waals surface area contributed by atoms with Crippen LogP contribution >= 0.6 is 0 Å². The SMILES string of the molecule is OCCOCCOCCOCCNc1ccccc1. The maximum Gasteiger partial charge on any atom is 0.0701 e. The fourth-order valence-electron chi connectivity index (χ4n) is 1.43. The van der Waals surface area contributed by atoms with Crippen molar-refractivity contribution in [3.63, 3.8) is 0 Å². The fraction of sp³-hybridized carbons (Fsp3) is 0.571. The van der Waals surface area contributed by atoms with Crippen LogP contribution in [0.15, 0.2) is 30.3 Å². The molecule has 1 aromatic carbocycles. The van der Waals surface area contributed by atoms with Crippen molar-refractivity contribution in [3.05, 3.63) is 30.3 Å². The molecule has 0 amide bonds. The van der Waals surface area contributed by atoms with Crippen LogP contribution in [0.3, 0.4) is 0 Å². The second kappa shape index (κ2) is 11.9. The van der Waals surface area contributed by atoms with Crippen molar-refractivity contribution < 1.29 is 19.3 Å². The van der Waals surface area contributed by atoms with Gasteiger partial charge in [-0.15, -0.1) is 0 Å². The highest BCUT2D eigenvalue weighted by molar-refractivity contribution is 5.42. The lowest BCUT2D eigenvalue weighted by atomic mass is 10.3. The largest absolute Gasteiger partial charge is 0.394 e. The Morgan fingerprint density at radius 2 is 1.37 bits per heavy atom. The number of hydrogen-bond acceptors (Lipinski definition) is 5. The lowest BCUT2D eigenvalue weighted by molar-refractivity contribution is 0.00920. The Balaban J connectivity index is 1.79. The Morgan fingerprint density at radius 1 is 0.789 bits per heavy atom. The molecule has 0 fully saturated rings. The van der Waals surface area contributed by atoms with E-state index in [-0.39, 0.29) is 6.61 Å². The topological polar surface area (TPSA) is 60.0 Å². The highest BCUT2D eigenvalue weighted by atomic mass is 16.5. The van der Waals surface area contributed by atoms with E-state index in [1.165, 1.54) is 0 Å². The summed E-state index contributed by atoms with van der Waals surface area (Å²) < 4.78 is 15.8. The zero-order valence-corrected chi connectivity index (χ0v) is 11.2. The number of hydrogen-bond donors (Lipinski definition) is 2. The number of benzene rings is 1. The van der Waals surface area contributed by atoms with Gasteiger partial charge in [0, 0.05) is 12.2 Å². The second-order valence-electron chi connectivity index (χ2n) is 3.85. The van der Waals surface area contributed by atoms with Crippen LogP contribution in [-0.2, 0) is 14.2 Å². The van der Waals surface area contributed by atoms with E-state index in [2.05, 4.69) is 5.32 Å². The number of aliphatic hydroxyl groups is 1. The molecule has 0 aromatic heterocycles. The predicted octanol–water partition coefficient (Wildman–Crippen LogP) is 1.14. The summed E-state index contributed by atoms with van der Waals surface area (Å²) in [4.78, 5) is 0. The minimum atomic E-state index is 0.0531. The van der Waals surface area contributed by atoms with E-state index in [9.17, 15) is 0 Å². The van der Waals surface area contributed by atoms with E-state index in [1.54, 1.807) is 0 Å². The first-order valence-corrected chi connectivity index (χ1v) is 6.56. The number of nitrogens with one attached hydrogen (secondary N) is 1. The molecule has 5 nitrogen and oxygen atoms in total. The molecule has 0 radical (unpaired) electrons. The molecule has 0 bridgehead atoms. The van der Waals surface area contributed by atoms with Gasteiger partial charge in [0.25, 0.3) is 0 Å². The quantitative estimate of drug-likeness (QED) is 0.557. The van der Waals surface area contributed by atoms with Crippen molar-refractivity contribution in [1.82, 2.24) is 0 Å². The van der Waals surface area contributed by atoms with Gasteiger partial charge in [-0.1, -0.05) is 18.2 Å². The summed E-state index contributed by atoms with van der Waals surface area (Å²) in [5.41, 5.74) is 1.10. The predicted molar refractivity (Wildman–Crippen MR) is 74.5 cm³/mol. The Hall–Kier alpha value is -1.14. The number of ether oxygens (including phenoxy) is 3. The van der Waals surface area contributed by atoms with Crippen LogP contribution < -0.4 is 5.32 Å². The summed E-state index contributed by atoms with van der Waals surface area (Å²) in [7, 11) is 0. The average molecular weight is 269 g/mol. The van der Waals surface area contributed by atoms with Gasteiger partial charge in [-0.25, -0.2) is 0 Å². The first-order chi connectivity index (χ1) is 9.43. The third-order valence-electron chi connectivity index (χ3n) is 2.33. The molecule has 1 aromatic rings. The first-order valence-electron chi connectivity index (χ1n) is 6.56. The smallest absolute Gasteiger partial charge is 0.0701 e. The van der Waals surface area contributed by atoms with Crippen molar-refractivity contribution in [2.75, 3.05) is 58.1 Å². The first kappa shape index (κ1) is 15.9. The van der Waals surface area contributed by atoms with Crippen LogP contribution in [0.1, 0.15) is 0 Å². The molecule has 5 heteroatoms. The van der Waals surface area contributed by atoms with Crippen LogP contribution in [-0.4, -0.2) is 57.9 Å². The van der Waals surface area contributed by atoms with Crippen molar-refractivity contribution in [2.24, 2.45) is 0 Å². The molecule has 0 saturated heterocycles. The average Bonchev–Trinajstić information content (AvgIpc) is 2.46. The van der Waals surface area contributed by atoms with Gasteiger partial charge in [0.15, 0.2) is 0 Å². The number of anilines is 1. The zero-order chi connectivity index (χ0) is 13.6. The molecule has 0 spiro atoms. The summed E-state index contributed by atoms with van der Waals surface area (Å²) in [6, 6.07) is 10.0. The van der Waals surface area contributed by atoms with E-state index in [4.69, 9.17) is 19.3 Å². The summed E-state index contributed by atoms with van der Waals surface area (Å²) in [6.45, 7) is 4.04. The second-order valence-corrected chi connectivity index (χ2v) is 3.85. The highest BCUT2D eigenvalue weighted by Crippen LogP contribution is 2.03. The van der Waals surface area contributed by atoms with Gasteiger partial charge in [-0.05, 0) is 12.1 Å². The van der Waals surface area contributed by atoms with Gasteiger partial charge in [-0.3, -0.25) is 0 Å². The molecule has 0 unspecified atom stereocenters. The van der Waals surface area contributed by atoms with Crippen LogP contribution in [0.5, 0.6) is 0 Å². The summed E-state index contributed by atoms with van der Waals surface area (Å²) in [5.74, 6) is 0. The van der Waals surface area contributed by atoms with Gasteiger partial charge >= 0.3 is 0 Å². The van der Waals surface area contributed by atoms with Crippen LogP contribution in [0.25, 0.3) is 0 Å². The Kier molecular flexibility index (Phi) is 9.99. The van der Waals surface area contributed by atoms with Crippen molar-refractivity contribution >= 4 is 5.69 Å². The zero-order valence-electron chi connectivity index (χ0n) is 11.2. The van der Waals surface area contributed by atoms with Crippen molar-refractivity contribution in [2.45, 2.75) is 0 Å². The molecule has 0 aliphatic rings. The van der Waals surface area contributed by atoms with E-state index < -0.39 is 0 Å². The van der Waals surface area contributed by atoms with E-state index in [1.807, 2.05) is 30.3 Å². The molecule has 1 rings (SSSR count). The molecular formula is C14H23NO4. The standard InChI is InChI=1S/C14H23NO4/c16-7-9-18-11-13-19-12-10-17-8-6-15-14-4-2-1-3-5-14/h1-5,15-16H,6-13H2. The van der Waals surface area contributed by atoms with Gasteiger partial charge in [0.05, 0.1) is 46.2 Å². The maximum atomic E-state index is 8.48. The van der Waals surface area contributed by atoms with Gasteiger partial charge in [0.1, 0.15) is 0 Å². The molecular weight excluding hydrogens is 246 g/mol. The van der Waals surface area contributed by atoms with Crippen LogP contribution in [0.2, 0.25) is 0 Å². The third kappa shape index (κ3) is 9.44. The van der Waals surface area contributed by atoms with Gasteiger partial charge in [-0.2, -0.15) is 0 Å². The molecule has 0 aliphatic carbocycles. The summed E-state index contributed by atoms with van der Waals surface area (Å²) in [5, 5.41) is 11.7. The maximum absolute atomic E-state index is 8.48. The molecule has 0 heterocycles. The molecule has 2 N–H and O–H groups in total. The van der Waals surface area contributed by atoms with Crippen molar-refractivity contribution in [3.8, 4) is 0 Å². The molecule has 0 atom stereocenters. The molecule has 108 valence electrons. The van der Waals surface area contributed by atoms with E-state index in [0.717, 1.165) is 12.2 Å². The molecule has 19 heavy (non-hydrogen) atoms. The molecule has 0 aliphatic heterocycles. The third-order valence-corrected chi connectivity index (χ3v) is 2.33. The van der Waals surface area contributed by atoms with Crippen molar-refractivity contribution in [1.29, 1.82) is 0 Å². The fourth-order valence-corrected chi connectivity index (χ4v) is 1.43.